The standard InChI is InChI=1S/C19H25F2NO2/c1-2-16(15-5-3-4-6-17(15)24-19(20)21)22-18(23)11-14-10-12-7-8-13(14)9-12/h3-6,12-14,16,19H,2,7-11H2,1H3,(H,22,23). The number of carbonyl (C=O) groups is 1. The predicted octanol–water partition coefficient (Wildman–Crippen LogP) is 4.68. The highest BCUT2D eigenvalue weighted by atomic mass is 19.3. The highest BCUT2D eigenvalue weighted by Crippen LogP contribution is 2.49. The number of benzene rings is 1. The van der Waals surface area contributed by atoms with E-state index in [1.54, 1.807) is 18.2 Å². The maximum absolute atomic E-state index is 12.6. The molecule has 0 saturated heterocycles. The van der Waals surface area contributed by atoms with E-state index in [1.807, 2.05) is 6.92 Å². The fraction of sp³-hybridized carbons (Fsp3) is 0.632. The molecule has 2 fully saturated rings. The van der Waals surface area contributed by atoms with E-state index in [4.69, 9.17) is 0 Å². The number of halogens is 2. The second kappa shape index (κ2) is 7.49. The molecule has 2 saturated carbocycles. The highest BCUT2D eigenvalue weighted by molar-refractivity contribution is 5.77. The molecule has 0 aliphatic heterocycles. The van der Waals surface area contributed by atoms with E-state index >= 15 is 0 Å². The molecule has 1 aromatic rings. The third kappa shape index (κ3) is 3.87. The van der Waals surface area contributed by atoms with E-state index in [1.165, 1.54) is 31.7 Å². The molecule has 4 unspecified atom stereocenters. The van der Waals surface area contributed by atoms with E-state index in [2.05, 4.69) is 10.1 Å². The van der Waals surface area contributed by atoms with E-state index in [0.717, 1.165) is 5.92 Å². The molecule has 0 aromatic heterocycles. The molecule has 0 radical (unpaired) electrons. The zero-order valence-electron chi connectivity index (χ0n) is 14.0. The number of carbonyl (C=O) groups excluding carboxylic acids is 1. The average Bonchev–Trinajstić information content (AvgIpc) is 3.15. The molecule has 2 aliphatic rings. The fourth-order valence-corrected chi connectivity index (χ4v) is 4.49. The van der Waals surface area contributed by atoms with E-state index in [-0.39, 0.29) is 17.7 Å². The Hall–Kier alpha value is -1.65. The number of amides is 1. The highest BCUT2D eigenvalue weighted by Gasteiger charge is 2.40. The van der Waals surface area contributed by atoms with Crippen LogP contribution in [0, 0.1) is 17.8 Å². The summed E-state index contributed by atoms with van der Waals surface area (Å²) < 4.78 is 29.8. The lowest BCUT2D eigenvalue weighted by Gasteiger charge is -2.24. The minimum absolute atomic E-state index is 0.0197. The van der Waals surface area contributed by atoms with Gasteiger partial charge in [-0.2, -0.15) is 8.78 Å². The van der Waals surface area contributed by atoms with Crippen molar-refractivity contribution in [3.8, 4) is 5.75 Å². The lowest BCUT2D eigenvalue weighted by Crippen LogP contribution is -2.31. The van der Waals surface area contributed by atoms with Gasteiger partial charge in [0.2, 0.25) is 5.91 Å². The normalized spacial score (nSPS) is 26.6. The summed E-state index contributed by atoms with van der Waals surface area (Å²) in [5, 5.41) is 3.02. The first-order chi connectivity index (χ1) is 11.6. The largest absolute Gasteiger partial charge is 0.434 e. The molecule has 3 rings (SSSR count). The van der Waals surface area contributed by atoms with Gasteiger partial charge in [-0.1, -0.05) is 31.5 Å². The summed E-state index contributed by atoms with van der Waals surface area (Å²) in [6.45, 7) is -0.935. The summed E-state index contributed by atoms with van der Waals surface area (Å²) in [6.07, 6.45) is 6.20. The summed E-state index contributed by atoms with van der Waals surface area (Å²) in [7, 11) is 0. The molecule has 5 heteroatoms. The first kappa shape index (κ1) is 17.2. The topological polar surface area (TPSA) is 38.3 Å². The third-order valence-corrected chi connectivity index (χ3v) is 5.59. The van der Waals surface area contributed by atoms with Crippen molar-refractivity contribution in [2.45, 2.75) is 58.1 Å². The molecule has 0 heterocycles. The molecular formula is C19H25F2NO2. The second-order valence-corrected chi connectivity index (χ2v) is 7.08. The van der Waals surface area contributed by atoms with Crippen LogP contribution in [0.1, 0.15) is 57.1 Å². The van der Waals surface area contributed by atoms with Gasteiger partial charge in [-0.3, -0.25) is 4.79 Å². The Morgan fingerprint density at radius 2 is 2.08 bits per heavy atom. The fourth-order valence-electron chi connectivity index (χ4n) is 4.49. The summed E-state index contributed by atoms with van der Waals surface area (Å²) in [6, 6.07) is 6.39. The van der Waals surface area contributed by atoms with Gasteiger partial charge in [0.1, 0.15) is 5.75 Å². The van der Waals surface area contributed by atoms with Crippen LogP contribution in [-0.4, -0.2) is 12.5 Å². The number of nitrogens with one attached hydrogen (secondary N) is 1. The molecule has 24 heavy (non-hydrogen) atoms. The number of alkyl halides is 2. The van der Waals surface area contributed by atoms with E-state index < -0.39 is 6.61 Å². The van der Waals surface area contributed by atoms with Gasteiger partial charge in [0.25, 0.3) is 0 Å². The maximum atomic E-state index is 12.6. The number of para-hydroxylation sites is 1. The lowest BCUT2D eigenvalue weighted by molar-refractivity contribution is -0.123. The van der Waals surface area contributed by atoms with E-state index in [9.17, 15) is 13.6 Å². The number of rotatable bonds is 7. The van der Waals surface area contributed by atoms with Crippen LogP contribution in [0.2, 0.25) is 0 Å². The van der Waals surface area contributed by atoms with Crippen molar-refractivity contribution < 1.29 is 18.3 Å². The van der Waals surface area contributed by atoms with Crippen molar-refractivity contribution in [1.29, 1.82) is 0 Å². The third-order valence-electron chi connectivity index (χ3n) is 5.59. The predicted molar refractivity (Wildman–Crippen MR) is 87.8 cm³/mol. The van der Waals surface area contributed by atoms with Crippen molar-refractivity contribution in [2.75, 3.05) is 0 Å². The molecule has 2 bridgehead atoms. The molecule has 2 aliphatic carbocycles. The first-order valence-corrected chi connectivity index (χ1v) is 8.90. The van der Waals surface area contributed by atoms with Gasteiger partial charge in [-0.15, -0.1) is 0 Å². The number of hydrogen-bond acceptors (Lipinski definition) is 2. The zero-order valence-corrected chi connectivity index (χ0v) is 14.0. The SMILES string of the molecule is CCC(NC(=O)CC1CC2CCC1C2)c1ccccc1OC(F)F. The Bertz CT molecular complexity index is 578. The van der Waals surface area contributed by atoms with Crippen molar-refractivity contribution >= 4 is 5.91 Å². The minimum Gasteiger partial charge on any atom is -0.434 e. The number of hydrogen-bond donors (Lipinski definition) is 1. The van der Waals surface area contributed by atoms with Crippen LogP contribution in [-0.2, 0) is 4.79 Å². The van der Waals surface area contributed by atoms with Crippen LogP contribution in [0.3, 0.4) is 0 Å². The Morgan fingerprint density at radius 1 is 1.29 bits per heavy atom. The molecule has 3 nitrogen and oxygen atoms in total. The van der Waals surface area contributed by atoms with Gasteiger partial charge < -0.3 is 10.1 Å². The van der Waals surface area contributed by atoms with Gasteiger partial charge in [-0.25, -0.2) is 0 Å². The first-order valence-electron chi connectivity index (χ1n) is 8.90. The summed E-state index contributed by atoms with van der Waals surface area (Å²) in [5.74, 6) is 2.17. The van der Waals surface area contributed by atoms with Crippen LogP contribution >= 0.6 is 0 Å². The van der Waals surface area contributed by atoms with Crippen LogP contribution in [0.25, 0.3) is 0 Å². The van der Waals surface area contributed by atoms with Crippen molar-refractivity contribution in [2.24, 2.45) is 17.8 Å². The second-order valence-electron chi connectivity index (χ2n) is 7.08. The van der Waals surface area contributed by atoms with Crippen LogP contribution in [0.5, 0.6) is 5.75 Å². The quantitative estimate of drug-likeness (QED) is 0.784. The van der Waals surface area contributed by atoms with Crippen LogP contribution < -0.4 is 10.1 Å². The Balaban J connectivity index is 1.63. The number of fused-ring (bicyclic) bond motifs is 2. The van der Waals surface area contributed by atoms with Crippen LogP contribution in [0.4, 0.5) is 8.78 Å². The van der Waals surface area contributed by atoms with E-state index in [0.29, 0.717) is 30.2 Å². The minimum atomic E-state index is -2.87. The summed E-state index contributed by atoms with van der Waals surface area (Å²) in [5.41, 5.74) is 0.613. The van der Waals surface area contributed by atoms with Crippen LogP contribution in [0.15, 0.2) is 24.3 Å². The average molecular weight is 337 g/mol. The molecule has 1 N–H and O–H groups in total. The van der Waals surface area contributed by atoms with Gasteiger partial charge in [0.15, 0.2) is 0 Å². The maximum Gasteiger partial charge on any atom is 0.387 e. The number of ether oxygens (including phenoxy) is 1. The molecule has 4 atom stereocenters. The molecule has 132 valence electrons. The lowest BCUT2D eigenvalue weighted by atomic mass is 9.86. The van der Waals surface area contributed by atoms with Gasteiger partial charge in [0.05, 0.1) is 6.04 Å². The van der Waals surface area contributed by atoms with Gasteiger partial charge in [-0.05, 0) is 49.5 Å². The Kier molecular flexibility index (Phi) is 5.36. The molecule has 1 amide bonds. The van der Waals surface area contributed by atoms with Crippen molar-refractivity contribution in [3.63, 3.8) is 0 Å². The Labute approximate surface area is 141 Å². The molecule has 1 aromatic carbocycles. The summed E-state index contributed by atoms with van der Waals surface area (Å²) in [4.78, 5) is 12.5. The smallest absolute Gasteiger partial charge is 0.387 e. The molecular weight excluding hydrogens is 312 g/mol. The summed E-state index contributed by atoms with van der Waals surface area (Å²) >= 11 is 0. The van der Waals surface area contributed by atoms with Gasteiger partial charge >= 0.3 is 6.61 Å². The van der Waals surface area contributed by atoms with Gasteiger partial charge in [0, 0.05) is 12.0 Å². The zero-order chi connectivity index (χ0) is 17.1. The Morgan fingerprint density at radius 3 is 2.71 bits per heavy atom. The monoisotopic (exact) mass is 337 g/mol. The molecule has 0 spiro atoms. The van der Waals surface area contributed by atoms with Crippen molar-refractivity contribution in [1.82, 2.24) is 5.32 Å². The van der Waals surface area contributed by atoms with Crippen molar-refractivity contribution in [3.05, 3.63) is 29.8 Å².